The first-order valence-electron chi connectivity index (χ1n) is 7.79. The molecule has 2 rings (SSSR count). The number of rotatable bonds is 9. The second kappa shape index (κ2) is 9.20. The highest BCUT2D eigenvalue weighted by molar-refractivity contribution is 5.71. The van der Waals surface area contributed by atoms with E-state index in [1.54, 1.807) is 19.2 Å². The van der Waals surface area contributed by atoms with E-state index in [9.17, 15) is 9.18 Å². The molecular weight excluding hydrogens is 311 g/mol. The molecule has 6 heteroatoms. The van der Waals surface area contributed by atoms with Gasteiger partial charge in [-0.2, -0.15) is 0 Å². The Hall–Kier alpha value is -2.18. The lowest BCUT2D eigenvalue weighted by atomic mass is 10.2. The van der Waals surface area contributed by atoms with Crippen LogP contribution in [0.3, 0.4) is 0 Å². The second-order valence-electron chi connectivity index (χ2n) is 5.50. The highest BCUT2D eigenvalue weighted by Gasteiger charge is 2.14. The zero-order valence-corrected chi connectivity index (χ0v) is 14.1. The highest BCUT2D eigenvalue weighted by atomic mass is 19.1. The zero-order chi connectivity index (χ0) is 17.4. The van der Waals surface area contributed by atoms with Crippen LogP contribution in [0.2, 0.25) is 0 Å². The van der Waals surface area contributed by atoms with Crippen molar-refractivity contribution in [2.24, 2.45) is 0 Å². The van der Waals surface area contributed by atoms with Gasteiger partial charge >= 0.3 is 5.97 Å². The van der Waals surface area contributed by atoms with Gasteiger partial charge in [-0.25, -0.2) is 4.39 Å². The molecule has 0 amide bonds. The molecule has 1 aromatic heterocycles. The van der Waals surface area contributed by atoms with Crippen LogP contribution in [0.1, 0.15) is 11.3 Å². The first-order chi connectivity index (χ1) is 11.6. The molecule has 1 aromatic carbocycles. The summed E-state index contributed by atoms with van der Waals surface area (Å²) in [5, 5.41) is 0. The summed E-state index contributed by atoms with van der Waals surface area (Å²) < 4.78 is 25.7. The van der Waals surface area contributed by atoms with Crippen LogP contribution >= 0.6 is 0 Å². The Morgan fingerprint density at radius 2 is 2.00 bits per heavy atom. The van der Waals surface area contributed by atoms with Gasteiger partial charge in [-0.3, -0.25) is 9.69 Å². The summed E-state index contributed by atoms with van der Waals surface area (Å²) in [5.41, 5.74) is 1.63. The predicted molar refractivity (Wildman–Crippen MR) is 89.1 cm³/mol. The smallest absolute Gasteiger partial charge is 0.319 e. The average molecular weight is 334 g/mol. The Morgan fingerprint density at radius 3 is 2.71 bits per heavy atom. The number of ether oxygens (including phenoxy) is 2. The number of nitrogens with zero attached hydrogens (tertiary/aromatic N) is 2. The van der Waals surface area contributed by atoms with Crippen molar-refractivity contribution in [1.29, 1.82) is 0 Å². The van der Waals surface area contributed by atoms with E-state index < -0.39 is 0 Å². The average Bonchev–Trinajstić information content (AvgIpc) is 3.01. The number of hydrogen-bond donors (Lipinski definition) is 0. The van der Waals surface area contributed by atoms with E-state index in [-0.39, 0.29) is 18.3 Å². The Kier molecular flexibility index (Phi) is 6.96. The normalized spacial score (nSPS) is 11.0. The number of hydrogen-bond acceptors (Lipinski definition) is 4. The van der Waals surface area contributed by atoms with Crippen LogP contribution in [0.25, 0.3) is 0 Å². The number of benzene rings is 1. The maximum Gasteiger partial charge on any atom is 0.319 e. The monoisotopic (exact) mass is 334 g/mol. The molecule has 0 aliphatic carbocycles. The lowest BCUT2D eigenvalue weighted by molar-refractivity contribution is -0.142. The van der Waals surface area contributed by atoms with Gasteiger partial charge in [-0.15, -0.1) is 0 Å². The minimum absolute atomic E-state index is 0.185. The molecule has 0 bridgehead atoms. The Labute approximate surface area is 141 Å². The van der Waals surface area contributed by atoms with Crippen LogP contribution in [0.15, 0.2) is 42.6 Å². The fourth-order valence-corrected chi connectivity index (χ4v) is 2.47. The minimum atomic E-state index is -0.293. The molecular formula is C18H23FN2O3. The quantitative estimate of drug-likeness (QED) is 0.660. The molecule has 0 saturated heterocycles. The molecule has 0 aliphatic heterocycles. The van der Waals surface area contributed by atoms with Gasteiger partial charge in [0.25, 0.3) is 0 Å². The third-order valence-corrected chi connectivity index (χ3v) is 3.80. The number of methoxy groups -OCH3 is 2. The highest BCUT2D eigenvalue weighted by Crippen LogP contribution is 2.13. The third-order valence-electron chi connectivity index (χ3n) is 3.80. The maximum atomic E-state index is 13.9. The Balaban J connectivity index is 2.09. The fraction of sp³-hybridized carbons (Fsp3) is 0.389. The minimum Gasteiger partial charge on any atom is -0.468 e. The molecule has 0 N–H and O–H groups in total. The summed E-state index contributed by atoms with van der Waals surface area (Å²) in [5.74, 6) is -0.513. The molecule has 0 atom stereocenters. The van der Waals surface area contributed by atoms with Gasteiger partial charge < -0.3 is 14.0 Å². The number of carbonyl (C=O) groups is 1. The Bertz CT molecular complexity index is 657. The number of carbonyl (C=O) groups excluding carboxylic acids is 1. The fourth-order valence-electron chi connectivity index (χ4n) is 2.47. The predicted octanol–water partition coefficient (Wildman–Crippen LogP) is 2.30. The summed E-state index contributed by atoms with van der Waals surface area (Å²) in [4.78, 5) is 13.5. The largest absolute Gasteiger partial charge is 0.468 e. The van der Waals surface area contributed by atoms with Crippen LogP contribution < -0.4 is 0 Å². The summed E-state index contributed by atoms with van der Waals surface area (Å²) >= 11 is 0. The summed E-state index contributed by atoms with van der Waals surface area (Å²) in [7, 11) is 2.99. The standard InChI is InChI=1S/C18H23FN2O3/c1-23-11-10-20(14-18(22)24-2)13-16-7-5-9-21(16)12-15-6-3-4-8-17(15)19/h3-9H,10-14H2,1-2H3. The Morgan fingerprint density at radius 1 is 1.21 bits per heavy atom. The molecule has 0 spiro atoms. The molecule has 2 aromatic rings. The molecule has 1 heterocycles. The van der Waals surface area contributed by atoms with Gasteiger partial charge in [0, 0.05) is 37.7 Å². The van der Waals surface area contributed by atoms with Gasteiger partial charge in [0.2, 0.25) is 0 Å². The van der Waals surface area contributed by atoms with Crippen LogP contribution in [-0.4, -0.2) is 49.4 Å². The third kappa shape index (κ3) is 5.18. The van der Waals surface area contributed by atoms with Crippen LogP contribution in [0.5, 0.6) is 0 Å². The lowest BCUT2D eigenvalue weighted by Gasteiger charge is -2.21. The second-order valence-corrected chi connectivity index (χ2v) is 5.50. The SMILES string of the molecule is COCCN(CC(=O)OC)Cc1cccn1Cc1ccccc1F. The van der Waals surface area contributed by atoms with Gasteiger partial charge in [-0.05, 0) is 18.2 Å². The van der Waals surface area contributed by atoms with E-state index >= 15 is 0 Å². The molecule has 0 radical (unpaired) electrons. The van der Waals surface area contributed by atoms with E-state index in [0.717, 1.165) is 5.69 Å². The maximum absolute atomic E-state index is 13.9. The van der Waals surface area contributed by atoms with E-state index in [2.05, 4.69) is 0 Å². The summed E-state index contributed by atoms with van der Waals surface area (Å²) in [6.45, 7) is 2.32. The van der Waals surface area contributed by atoms with Crippen molar-refractivity contribution in [1.82, 2.24) is 9.47 Å². The zero-order valence-electron chi connectivity index (χ0n) is 14.1. The van der Waals surface area contributed by atoms with Crippen LogP contribution in [0.4, 0.5) is 4.39 Å². The summed E-state index contributed by atoms with van der Waals surface area (Å²) in [6.07, 6.45) is 1.91. The van der Waals surface area contributed by atoms with E-state index in [0.29, 0.717) is 31.8 Å². The van der Waals surface area contributed by atoms with Crippen molar-refractivity contribution in [3.05, 3.63) is 59.7 Å². The number of esters is 1. The molecule has 0 fully saturated rings. The molecule has 24 heavy (non-hydrogen) atoms. The number of halogens is 1. The van der Waals surface area contributed by atoms with E-state index in [1.165, 1.54) is 13.2 Å². The van der Waals surface area contributed by atoms with Crippen molar-refractivity contribution < 1.29 is 18.7 Å². The topological polar surface area (TPSA) is 43.7 Å². The van der Waals surface area contributed by atoms with Gasteiger partial charge in [0.1, 0.15) is 5.82 Å². The first-order valence-corrected chi connectivity index (χ1v) is 7.79. The van der Waals surface area contributed by atoms with Crippen molar-refractivity contribution >= 4 is 5.97 Å². The molecule has 5 nitrogen and oxygen atoms in total. The van der Waals surface area contributed by atoms with Crippen molar-refractivity contribution in [2.45, 2.75) is 13.1 Å². The lowest BCUT2D eigenvalue weighted by Crippen LogP contribution is -2.33. The van der Waals surface area contributed by atoms with E-state index in [4.69, 9.17) is 9.47 Å². The van der Waals surface area contributed by atoms with Crippen molar-refractivity contribution in [2.75, 3.05) is 33.9 Å². The summed E-state index contributed by atoms with van der Waals surface area (Å²) in [6, 6.07) is 10.6. The molecule has 0 unspecified atom stereocenters. The van der Waals surface area contributed by atoms with Gasteiger partial charge in [0.15, 0.2) is 0 Å². The van der Waals surface area contributed by atoms with Crippen molar-refractivity contribution in [3.63, 3.8) is 0 Å². The van der Waals surface area contributed by atoms with Crippen molar-refractivity contribution in [3.8, 4) is 0 Å². The first kappa shape index (κ1) is 18.2. The van der Waals surface area contributed by atoms with E-state index in [1.807, 2.05) is 33.9 Å². The van der Waals surface area contributed by atoms with Gasteiger partial charge in [-0.1, -0.05) is 18.2 Å². The molecule has 0 aliphatic rings. The van der Waals surface area contributed by atoms with Crippen LogP contribution in [0, 0.1) is 5.82 Å². The molecule has 130 valence electrons. The van der Waals surface area contributed by atoms with Gasteiger partial charge in [0.05, 0.1) is 26.8 Å². The van der Waals surface area contributed by atoms with Crippen LogP contribution in [-0.2, 0) is 27.4 Å². The number of aromatic nitrogens is 1. The molecule has 0 saturated carbocycles.